The number of fused-ring (bicyclic) bond motifs is 1. The molecule has 5 heteroatoms. The molecular weight excluding hydrogens is 283 g/mol. The number of aromatic amines is 1. The van der Waals surface area contributed by atoms with Gasteiger partial charge in [-0.3, -0.25) is 4.79 Å². The Balaban J connectivity index is 1.86. The third kappa shape index (κ3) is 2.65. The van der Waals surface area contributed by atoms with Crippen molar-refractivity contribution >= 4 is 22.5 Å². The lowest BCUT2D eigenvalue weighted by Gasteiger charge is -2.04. The second-order valence-corrected chi connectivity index (χ2v) is 5.05. The number of nitrogens with one attached hydrogen (secondary N) is 2. The van der Waals surface area contributed by atoms with Crippen LogP contribution >= 0.6 is 0 Å². The largest absolute Gasteiger partial charge is 0.497 e. The van der Waals surface area contributed by atoms with Gasteiger partial charge in [-0.15, -0.1) is 0 Å². The molecule has 0 radical (unpaired) electrons. The molecule has 1 aromatic heterocycles. The minimum atomic E-state index is -0.348. The maximum Gasteiger partial charge on any atom is 0.272 e. The van der Waals surface area contributed by atoms with Gasteiger partial charge in [0.15, 0.2) is 0 Å². The first kappa shape index (κ1) is 14.1. The number of amides is 1. The Kier molecular flexibility index (Phi) is 3.55. The zero-order valence-corrected chi connectivity index (χ0v) is 12.2. The molecule has 0 unspecified atom stereocenters. The van der Waals surface area contributed by atoms with Crippen molar-refractivity contribution < 1.29 is 13.9 Å². The van der Waals surface area contributed by atoms with E-state index in [1.54, 1.807) is 32.2 Å². The highest BCUT2D eigenvalue weighted by Crippen LogP contribution is 2.22. The molecule has 3 aromatic rings. The van der Waals surface area contributed by atoms with Crippen molar-refractivity contribution in [3.63, 3.8) is 0 Å². The molecule has 0 fully saturated rings. The Morgan fingerprint density at radius 3 is 2.73 bits per heavy atom. The highest BCUT2D eigenvalue weighted by atomic mass is 19.1. The Morgan fingerprint density at radius 1 is 1.18 bits per heavy atom. The Hall–Kier alpha value is -2.82. The molecule has 0 saturated heterocycles. The maximum atomic E-state index is 13.5. The van der Waals surface area contributed by atoms with Crippen LogP contribution in [0.4, 0.5) is 10.1 Å². The van der Waals surface area contributed by atoms with Crippen LogP contribution in [0.3, 0.4) is 0 Å². The zero-order chi connectivity index (χ0) is 15.7. The fourth-order valence-corrected chi connectivity index (χ4v) is 2.23. The number of carbonyl (C=O) groups is 1. The molecule has 22 heavy (non-hydrogen) atoms. The molecule has 0 spiro atoms. The standard InChI is InChI=1S/C17H15FN2O2/c1-10-3-4-12(9-14(10)18)19-17(21)16-8-11-7-13(22-2)5-6-15(11)20-16/h3-9,20H,1-2H3,(H,19,21). The summed E-state index contributed by atoms with van der Waals surface area (Å²) in [7, 11) is 1.59. The molecule has 0 aliphatic carbocycles. The molecular formula is C17H15FN2O2. The first-order chi connectivity index (χ1) is 10.6. The number of carbonyl (C=O) groups excluding carboxylic acids is 1. The number of ether oxygens (including phenoxy) is 1. The molecule has 0 aliphatic heterocycles. The van der Waals surface area contributed by atoms with Gasteiger partial charge < -0.3 is 15.0 Å². The fraction of sp³-hybridized carbons (Fsp3) is 0.118. The summed E-state index contributed by atoms with van der Waals surface area (Å²) < 4.78 is 18.7. The summed E-state index contributed by atoms with van der Waals surface area (Å²) in [4.78, 5) is 15.3. The molecule has 2 aromatic carbocycles. The van der Waals surface area contributed by atoms with Crippen molar-refractivity contribution in [3.05, 3.63) is 59.5 Å². The molecule has 1 heterocycles. The lowest BCUT2D eigenvalue weighted by molar-refractivity contribution is 0.102. The molecule has 3 rings (SSSR count). The first-order valence-corrected chi connectivity index (χ1v) is 6.81. The normalized spacial score (nSPS) is 10.7. The second kappa shape index (κ2) is 5.52. The number of hydrogen-bond donors (Lipinski definition) is 2. The zero-order valence-electron chi connectivity index (χ0n) is 12.2. The van der Waals surface area contributed by atoms with Crippen LogP contribution in [0, 0.1) is 12.7 Å². The van der Waals surface area contributed by atoms with Gasteiger partial charge in [0, 0.05) is 16.6 Å². The summed E-state index contributed by atoms with van der Waals surface area (Å²) in [6.07, 6.45) is 0. The third-order valence-corrected chi connectivity index (χ3v) is 3.50. The highest BCUT2D eigenvalue weighted by molar-refractivity contribution is 6.06. The highest BCUT2D eigenvalue weighted by Gasteiger charge is 2.11. The van der Waals surface area contributed by atoms with E-state index in [9.17, 15) is 9.18 Å². The Labute approximate surface area is 126 Å². The predicted molar refractivity (Wildman–Crippen MR) is 83.9 cm³/mol. The van der Waals surface area contributed by atoms with E-state index < -0.39 is 0 Å². The predicted octanol–water partition coefficient (Wildman–Crippen LogP) is 3.88. The van der Waals surface area contributed by atoms with Crippen LogP contribution in [0.2, 0.25) is 0 Å². The number of halogens is 1. The lowest BCUT2D eigenvalue weighted by Crippen LogP contribution is -2.12. The summed E-state index contributed by atoms with van der Waals surface area (Å²) >= 11 is 0. The molecule has 2 N–H and O–H groups in total. The van der Waals surface area contributed by atoms with Gasteiger partial charge in [-0.1, -0.05) is 6.07 Å². The summed E-state index contributed by atoms with van der Waals surface area (Å²) in [5.74, 6) is 0.0525. The molecule has 0 aliphatic rings. The number of aromatic nitrogens is 1. The van der Waals surface area contributed by atoms with Gasteiger partial charge in [0.2, 0.25) is 0 Å². The second-order valence-electron chi connectivity index (χ2n) is 5.05. The number of anilines is 1. The maximum absolute atomic E-state index is 13.5. The lowest BCUT2D eigenvalue weighted by atomic mass is 10.2. The van der Waals surface area contributed by atoms with Gasteiger partial charge in [0.1, 0.15) is 17.3 Å². The van der Waals surface area contributed by atoms with Crippen LogP contribution in [0.25, 0.3) is 10.9 Å². The van der Waals surface area contributed by atoms with Crippen LogP contribution in [-0.4, -0.2) is 18.0 Å². The van der Waals surface area contributed by atoms with Crippen LogP contribution in [0.15, 0.2) is 42.5 Å². The van der Waals surface area contributed by atoms with E-state index >= 15 is 0 Å². The monoisotopic (exact) mass is 298 g/mol. The van der Waals surface area contributed by atoms with Crippen molar-refractivity contribution in [2.45, 2.75) is 6.92 Å². The minimum Gasteiger partial charge on any atom is -0.497 e. The number of benzene rings is 2. The first-order valence-electron chi connectivity index (χ1n) is 6.81. The van der Waals surface area contributed by atoms with E-state index in [1.807, 2.05) is 18.2 Å². The number of hydrogen-bond acceptors (Lipinski definition) is 2. The summed E-state index contributed by atoms with van der Waals surface area (Å²) in [5, 5.41) is 3.55. The van der Waals surface area contributed by atoms with E-state index in [4.69, 9.17) is 4.74 Å². The molecule has 112 valence electrons. The number of rotatable bonds is 3. The quantitative estimate of drug-likeness (QED) is 0.771. The number of H-pyrrole nitrogens is 1. The Morgan fingerprint density at radius 2 is 2.00 bits per heavy atom. The SMILES string of the molecule is COc1ccc2[nH]c(C(=O)Nc3ccc(C)c(F)c3)cc2c1. The van der Waals surface area contributed by atoms with Crippen LogP contribution in [0.5, 0.6) is 5.75 Å². The van der Waals surface area contributed by atoms with Crippen molar-refractivity contribution in [1.82, 2.24) is 4.98 Å². The third-order valence-electron chi connectivity index (χ3n) is 3.50. The minimum absolute atomic E-state index is 0.321. The topological polar surface area (TPSA) is 54.1 Å². The summed E-state index contributed by atoms with van der Waals surface area (Å²) in [6.45, 7) is 1.67. The number of methoxy groups -OCH3 is 1. The van der Waals surface area contributed by atoms with E-state index in [1.165, 1.54) is 6.07 Å². The average Bonchev–Trinajstić information content (AvgIpc) is 2.94. The van der Waals surface area contributed by atoms with Gasteiger partial charge in [0.05, 0.1) is 7.11 Å². The molecule has 1 amide bonds. The van der Waals surface area contributed by atoms with E-state index in [2.05, 4.69) is 10.3 Å². The Bertz CT molecular complexity index is 855. The van der Waals surface area contributed by atoms with Crippen molar-refractivity contribution in [3.8, 4) is 5.75 Å². The van der Waals surface area contributed by atoms with E-state index in [0.29, 0.717) is 16.9 Å². The van der Waals surface area contributed by atoms with Crippen molar-refractivity contribution in [2.24, 2.45) is 0 Å². The van der Waals surface area contributed by atoms with E-state index in [0.717, 1.165) is 16.7 Å². The van der Waals surface area contributed by atoms with Gasteiger partial charge in [0.25, 0.3) is 5.91 Å². The van der Waals surface area contributed by atoms with Crippen LogP contribution < -0.4 is 10.1 Å². The molecule has 0 bridgehead atoms. The van der Waals surface area contributed by atoms with Gasteiger partial charge in [-0.2, -0.15) is 0 Å². The van der Waals surface area contributed by atoms with Gasteiger partial charge >= 0.3 is 0 Å². The molecule has 0 saturated carbocycles. The molecule has 4 nitrogen and oxygen atoms in total. The van der Waals surface area contributed by atoms with Crippen molar-refractivity contribution in [1.29, 1.82) is 0 Å². The summed E-state index contributed by atoms with van der Waals surface area (Å²) in [6, 6.07) is 11.8. The van der Waals surface area contributed by atoms with Gasteiger partial charge in [-0.05, 0) is 48.9 Å². The van der Waals surface area contributed by atoms with Crippen LogP contribution in [-0.2, 0) is 0 Å². The average molecular weight is 298 g/mol. The summed E-state index contributed by atoms with van der Waals surface area (Å²) in [5.41, 5.74) is 2.20. The van der Waals surface area contributed by atoms with Gasteiger partial charge in [-0.25, -0.2) is 4.39 Å². The fourth-order valence-electron chi connectivity index (χ4n) is 2.23. The number of aryl methyl sites for hydroxylation is 1. The smallest absolute Gasteiger partial charge is 0.272 e. The van der Waals surface area contributed by atoms with E-state index in [-0.39, 0.29) is 11.7 Å². The van der Waals surface area contributed by atoms with Crippen molar-refractivity contribution in [2.75, 3.05) is 12.4 Å². The molecule has 0 atom stereocenters. The van der Waals surface area contributed by atoms with Crippen LogP contribution in [0.1, 0.15) is 16.1 Å².